The molecule has 17 heavy (non-hydrogen) atoms. The Morgan fingerprint density at radius 2 is 2.29 bits per heavy atom. The van der Waals surface area contributed by atoms with E-state index in [4.69, 9.17) is 5.11 Å². The highest BCUT2D eigenvalue weighted by atomic mass is 16.3. The third kappa shape index (κ3) is 3.31. The molecular weight excluding hydrogens is 216 g/mol. The topological polar surface area (TPSA) is 57.4 Å². The van der Waals surface area contributed by atoms with Crippen molar-refractivity contribution < 1.29 is 10.2 Å². The summed E-state index contributed by atoms with van der Waals surface area (Å²) < 4.78 is 1.95. The second-order valence-corrected chi connectivity index (χ2v) is 4.85. The summed E-state index contributed by atoms with van der Waals surface area (Å²) >= 11 is 0. The molecule has 2 rings (SSSR count). The van der Waals surface area contributed by atoms with Crippen LogP contribution in [0.25, 0.3) is 0 Å². The van der Waals surface area contributed by atoms with Gasteiger partial charge in [0.2, 0.25) is 0 Å². The molecule has 1 aliphatic carbocycles. The number of hydrogen-bond acceptors (Lipinski definition) is 3. The molecule has 96 valence electrons. The van der Waals surface area contributed by atoms with E-state index in [1.54, 1.807) is 0 Å². The summed E-state index contributed by atoms with van der Waals surface area (Å²) in [7, 11) is 0. The zero-order valence-corrected chi connectivity index (χ0v) is 10.3. The Bertz CT molecular complexity index is 347. The van der Waals surface area contributed by atoms with Gasteiger partial charge < -0.3 is 20.1 Å². The fourth-order valence-electron chi connectivity index (χ4n) is 2.26. The second kappa shape index (κ2) is 5.67. The molecule has 4 heteroatoms. The molecule has 2 atom stereocenters. The van der Waals surface area contributed by atoms with E-state index in [0.717, 1.165) is 12.5 Å². The van der Waals surface area contributed by atoms with Gasteiger partial charge in [-0.2, -0.15) is 0 Å². The molecule has 1 aliphatic rings. The summed E-state index contributed by atoms with van der Waals surface area (Å²) in [6, 6.07) is 2.56. The fourth-order valence-corrected chi connectivity index (χ4v) is 2.26. The van der Waals surface area contributed by atoms with Gasteiger partial charge in [0.1, 0.15) is 0 Å². The molecule has 1 fully saturated rings. The van der Waals surface area contributed by atoms with E-state index in [1.165, 1.54) is 18.4 Å². The van der Waals surface area contributed by atoms with E-state index in [-0.39, 0.29) is 6.61 Å². The van der Waals surface area contributed by atoms with Gasteiger partial charge >= 0.3 is 0 Å². The molecule has 1 heterocycles. The zero-order chi connectivity index (χ0) is 12.3. The van der Waals surface area contributed by atoms with Crippen molar-refractivity contribution in [1.82, 2.24) is 9.88 Å². The van der Waals surface area contributed by atoms with Crippen molar-refractivity contribution >= 4 is 0 Å². The third-order valence-corrected chi connectivity index (χ3v) is 3.28. The Labute approximate surface area is 102 Å². The standard InChI is InChI=1S/C13H22N2O2/c1-2-14-13(10-3-4-10)11-5-6-15(7-11)8-12(17)9-16/h5-7,10,12-14,16-17H,2-4,8-9H2,1H3. The highest BCUT2D eigenvalue weighted by Gasteiger charge is 2.32. The number of aliphatic hydroxyl groups excluding tert-OH is 2. The molecule has 1 aromatic heterocycles. The first-order chi connectivity index (χ1) is 8.24. The summed E-state index contributed by atoms with van der Waals surface area (Å²) in [4.78, 5) is 0. The maximum atomic E-state index is 9.40. The molecule has 1 aromatic rings. The second-order valence-electron chi connectivity index (χ2n) is 4.85. The fraction of sp³-hybridized carbons (Fsp3) is 0.692. The van der Waals surface area contributed by atoms with Crippen LogP contribution in [0.1, 0.15) is 31.4 Å². The molecule has 3 N–H and O–H groups in total. The Balaban J connectivity index is 2.00. The lowest BCUT2D eigenvalue weighted by Gasteiger charge is -2.16. The van der Waals surface area contributed by atoms with Gasteiger partial charge in [-0.05, 0) is 36.9 Å². The minimum absolute atomic E-state index is 0.188. The Morgan fingerprint density at radius 1 is 1.53 bits per heavy atom. The highest BCUT2D eigenvalue weighted by molar-refractivity contribution is 5.18. The van der Waals surface area contributed by atoms with Gasteiger partial charge in [-0.3, -0.25) is 0 Å². The summed E-state index contributed by atoms with van der Waals surface area (Å²) in [5.74, 6) is 0.772. The lowest BCUT2D eigenvalue weighted by molar-refractivity contribution is 0.0812. The van der Waals surface area contributed by atoms with Crippen LogP contribution in [-0.4, -0.2) is 34.0 Å². The zero-order valence-electron chi connectivity index (χ0n) is 10.3. The van der Waals surface area contributed by atoms with E-state index >= 15 is 0 Å². The number of aromatic nitrogens is 1. The number of nitrogens with zero attached hydrogens (tertiary/aromatic N) is 1. The largest absolute Gasteiger partial charge is 0.394 e. The van der Waals surface area contributed by atoms with Crippen molar-refractivity contribution in [3.8, 4) is 0 Å². The van der Waals surface area contributed by atoms with Crippen molar-refractivity contribution in [3.05, 3.63) is 24.0 Å². The smallest absolute Gasteiger partial charge is 0.0949 e. The van der Waals surface area contributed by atoms with Crippen LogP contribution in [0.5, 0.6) is 0 Å². The molecule has 0 radical (unpaired) electrons. The molecule has 0 aromatic carbocycles. The first kappa shape index (κ1) is 12.6. The summed E-state index contributed by atoms with van der Waals surface area (Å²) in [6.07, 6.45) is 5.99. The van der Waals surface area contributed by atoms with Crippen LogP contribution >= 0.6 is 0 Å². The van der Waals surface area contributed by atoms with E-state index in [1.807, 2.05) is 10.8 Å². The van der Waals surface area contributed by atoms with Crippen molar-refractivity contribution in [3.63, 3.8) is 0 Å². The number of aliphatic hydroxyl groups is 2. The van der Waals surface area contributed by atoms with Crippen LogP contribution in [0, 0.1) is 5.92 Å². The molecule has 0 saturated heterocycles. The SMILES string of the molecule is CCNC(c1ccn(CC(O)CO)c1)C1CC1. The highest BCUT2D eigenvalue weighted by Crippen LogP contribution is 2.40. The predicted octanol–water partition coefficient (Wildman–Crippen LogP) is 0.902. The monoisotopic (exact) mass is 238 g/mol. The van der Waals surface area contributed by atoms with Gasteiger partial charge in [0.05, 0.1) is 19.3 Å². The van der Waals surface area contributed by atoms with Crippen LogP contribution in [0.3, 0.4) is 0 Å². The van der Waals surface area contributed by atoms with Crippen LogP contribution < -0.4 is 5.32 Å². The number of hydrogen-bond donors (Lipinski definition) is 3. The van der Waals surface area contributed by atoms with Crippen molar-refractivity contribution in [1.29, 1.82) is 0 Å². The van der Waals surface area contributed by atoms with Gasteiger partial charge in [0.25, 0.3) is 0 Å². The summed E-state index contributed by atoms with van der Waals surface area (Å²) in [5.41, 5.74) is 1.29. The average molecular weight is 238 g/mol. The summed E-state index contributed by atoms with van der Waals surface area (Å²) in [5, 5.41) is 21.7. The predicted molar refractivity (Wildman–Crippen MR) is 66.7 cm³/mol. The van der Waals surface area contributed by atoms with Gasteiger partial charge in [-0.25, -0.2) is 0 Å². The summed E-state index contributed by atoms with van der Waals surface area (Å²) in [6.45, 7) is 3.38. The molecule has 0 aliphatic heterocycles. The third-order valence-electron chi connectivity index (χ3n) is 3.28. The van der Waals surface area contributed by atoms with Crippen molar-refractivity contribution in [2.45, 2.75) is 38.5 Å². The van der Waals surface area contributed by atoms with Gasteiger partial charge in [0.15, 0.2) is 0 Å². The van der Waals surface area contributed by atoms with Crippen molar-refractivity contribution in [2.24, 2.45) is 5.92 Å². The quantitative estimate of drug-likeness (QED) is 0.661. The van der Waals surface area contributed by atoms with Crippen LogP contribution in [-0.2, 0) is 6.54 Å². The molecule has 0 bridgehead atoms. The maximum absolute atomic E-state index is 9.40. The van der Waals surface area contributed by atoms with Crippen LogP contribution in [0.15, 0.2) is 18.5 Å². The lowest BCUT2D eigenvalue weighted by atomic mass is 10.1. The van der Waals surface area contributed by atoms with E-state index in [0.29, 0.717) is 12.6 Å². The molecule has 4 nitrogen and oxygen atoms in total. The molecular formula is C13H22N2O2. The first-order valence-corrected chi connectivity index (χ1v) is 6.42. The molecule has 0 spiro atoms. The van der Waals surface area contributed by atoms with E-state index in [9.17, 15) is 5.11 Å². The van der Waals surface area contributed by atoms with Gasteiger partial charge in [-0.15, -0.1) is 0 Å². The molecule has 0 amide bonds. The van der Waals surface area contributed by atoms with Crippen LogP contribution in [0.4, 0.5) is 0 Å². The normalized spacial score (nSPS) is 19.2. The maximum Gasteiger partial charge on any atom is 0.0949 e. The Hall–Kier alpha value is -0.840. The van der Waals surface area contributed by atoms with Gasteiger partial charge in [-0.1, -0.05) is 6.92 Å². The minimum Gasteiger partial charge on any atom is -0.394 e. The Morgan fingerprint density at radius 3 is 2.88 bits per heavy atom. The first-order valence-electron chi connectivity index (χ1n) is 6.42. The number of rotatable bonds is 7. The van der Waals surface area contributed by atoms with E-state index < -0.39 is 6.10 Å². The lowest BCUT2D eigenvalue weighted by Crippen LogP contribution is -2.22. The number of nitrogens with one attached hydrogen (secondary N) is 1. The van der Waals surface area contributed by atoms with E-state index in [2.05, 4.69) is 24.5 Å². The van der Waals surface area contributed by atoms with Gasteiger partial charge in [0, 0.05) is 18.4 Å². The van der Waals surface area contributed by atoms with Crippen molar-refractivity contribution in [2.75, 3.05) is 13.2 Å². The average Bonchev–Trinajstić information content (AvgIpc) is 3.06. The Kier molecular flexibility index (Phi) is 4.20. The molecule has 2 unspecified atom stereocenters. The molecule has 1 saturated carbocycles. The van der Waals surface area contributed by atoms with Crippen LogP contribution in [0.2, 0.25) is 0 Å². The minimum atomic E-state index is -0.672.